The van der Waals surface area contributed by atoms with Crippen LogP contribution in [0.15, 0.2) is 18.2 Å². The van der Waals surface area contributed by atoms with Gasteiger partial charge in [-0.25, -0.2) is 4.39 Å². The molecule has 96 valence electrons. The highest BCUT2D eigenvalue weighted by molar-refractivity contribution is 5.84. The molecule has 0 N–H and O–H groups in total. The smallest absolute Gasteiger partial charge is 0.262 e. The summed E-state index contributed by atoms with van der Waals surface area (Å²) in [6.07, 6.45) is 1.63. The predicted molar refractivity (Wildman–Crippen MR) is 66.4 cm³/mol. The van der Waals surface area contributed by atoms with Gasteiger partial charge in [-0.2, -0.15) is 5.10 Å². The Kier molecular flexibility index (Phi) is 3.55. The molecule has 5 nitrogen and oxygen atoms in total. The minimum atomic E-state index is -0.501. The molecular formula is C12H14FN3O2. The van der Waals surface area contributed by atoms with Crippen molar-refractivity contribution in [3.8, 4) is 0 Å². The van der Waals surface area contributed by atoms with E-state index in [0.717, 1.165) is 29.4 Å². The third-order valence-corrected chi connectivity index (χ3v) is 2.80. The van der Waals surface area contributed by atoms with Crippen molar-refractivity contribution in [1.29, 1.82) is 0 Å². The van der Waals surface area contributed by atoms with Crippen LogP contribution in [0.25, 0.3) is 10.9 Å². The van der Waals surface area contributed by atoms with E-state index >= 15 is 0 Å². The summed E-state index contributed by atoms with van der Waals surface area (Å²) in [5.41, 5.74) is 1.59. The van der Waals surface area contributed by atoms with E-state index in [9.17, 15) is 14.5 Å². The molecule has 2 aromatic rings. The first-order valence-corrected chi connectivity index (χ1v) is 5.87. The first-order valence-electron chi connectivity index (χ1n) is 5.87. The fraction of sp³-hybridized carbons (Fsp3) is 0.417. The van der Waals surface area contributed by atoms with E-state index in [4.69, 9.17) is 0 Å². The Morgan fingerprint density at radius 1 is 1.50 bits per heavy atom. The Morgan fingerprint density at radius 3 is 2.89 bits per heavy atom. The third kappa shape index (κ3) is 2.18. The van der Waals surface area contributed by atoms with Crippen molar-refractivity contribution in [3.63, 3.8) is 0 Å². The highest BCUT2D eigenvalue weighted by Crippen LogP contribution is 2.24. The van der Waals surface area contributed by atoms with Crippen molar-refractivity contribution >= 4 is 16.6 Å². The topological polar surface area (TPSA) is 61.0 Å². The minimum absolute atomic E-state index is 0.0413. The van der Waals surface area contributed by atoms with Crippen LogP contribution in [0.3, 0.4) is 0 Å². The van der Waals surface area contributed by atoms with E-state index in [-0.39, 0.29) is 12.2 Å². The number of nitrogens with zero attached hydrogens (tertiary/aromatic N) is 3. The number of aryl methyl sites for hydroxylation is 2. The van der Waals surface area contributed by atoms with Crippen molar-refractivity contribution in [2.75, 3.05) is 6.67 Å². The summed E-state index contributed by atoms with van der Waals surface area (Å²) in [7, 11) is 0. The fourth-order valence-corrected chi connectivity index (χ4v) is 2.02. The molecule has 0 saturated heterocycles. The average molecular weight is 251 g/mol. The zero-order chi connectivity index (χ0) is 13.1. The van der Waals surface area contributed by atoms with Gasteiger partial charge < -0.3 is 0 Å². The standard InChI is InChI=1S/C12H14FN3O2/c1-2-3-11-10-8-9(16(17)18)4-5-12(10)15(14-11)7-6-13/h4-5,8H,2-3,6-7H2,1H3. The van der Waals surface area contributed by atoms with Crippen LogP contribution >= 0.6 is 0 Å². The number of benzene rings is 1. The van der Waals surface area contributed by atoms with Crippen LogP contribution in [0.4, 0.5) is 10.1 Å². The fourth-order valence-electron chi connectivity index (χ4n) is 2.02. The molecule has 0 radical (unpaired) electrons. The lowest BCUT2D eigenvalue weighted by Gasteiger charge is -1.98. The van der Waals surface area contributed by atoms with Crippen LogP contribution < -0.4 is 0 Å². The second-order valence-corrected chi connectivity index (χ2v) is 4.07. The van der Waals surface area contributed by atoms with Crippen molar-refractivity contribution < 1.29 is 9.31 Å². The largest absolute Gasteiger partial charge is 0.270 e. The van der Waals surface area contributed by atoms with Gasteiger partial charge in [0.15, 0.2) is 0 Å². The molecule has 1 aromatic heterocycles. The first-order chi connectivity index (χ1) is 8.67. The number of halogens is 1. The first kappa shape index (κ1) is 12.5. The number of hydrogen-bond donors (Lipinski definition) is 0. The maximum atomic E-state index is 12.4. The molecule has 0 unspecified atom stereocenters. The number of aromatic nitrogens is 2. The Balaban J connectivity index is 2.59. The quantitative estimate of drug-likeness (QED) is 0.606. The van der Waals surface area contributed by atoms with Gasteiger partial charge in [0.1, 0.15) is 6.67 Å². The summed E-state index contributed by atoms with van der Waals surface area (Å²) in [6, 6.07) is 4.58. The van der Waals surface area contributed by atoms with Gasteiger partial charge in [0, 0.05) is 17.5 Å². The number of fused-ring (bicyclic) bond motifs is 1. The molecule has 18 heavy (non-hydrogen) atoms. The highest BCUT2D eigenvalue weighted by Gasteiger charge is 2.14. The summed E-state index contributed by atoms with van der Waals surface area (Å²) in [5.74, 6) is 0. The molecule has 0 atom stereocenters. The lowest BCUT2D eigenvalue weighted by atomic mass is 10.1. The molecule has 2 rings (SSSR count). The van der Waals surface area contributed by atoms with E-state index in [1.807, 2.05) is 6.92 Å². The van der Waals surface area contributed by atoms with E-state index in [0.29, 0.717) is 0 Å². The molecule has 1 heterocycles. The molecule has 0 aliphatic carbocycles. The summed E-state index contributed by atoms with van der Waals surface area (Å²) >= 11 is 0. The zero-order valence-electron chi connectivity index (χ0n) is 10.1. The third-order valence-electron chi connectivity index (χ3n) is 2.80. The van der Waals surface area contributed by atoms with Crippen molar-refractivity contribution in [2.24, 2.45) is 0 Å². The van der Waals surface area contributed by atoms with Crippen LogP contribution in [-0.4, -0.2) is 21.4 Å². The normalized spacial score (nSPS) is 11.0. The summed E-state index contributed by atoms with van der Waals surface area (Å²) in [6.45, 7) is 1.69. The zero-order valence-corrected chi connectivity index (χ0v) is 10.1. The molecule has 0 bridgehead atoms. The van der Waals surface area contributed by atoms with Gasteiger partial charge in [-0.1, -0.05) is 13.3 Å². The van der Waals surface area contributed by atoms with Gasteiger partial charge in [0.2, 0.25) is 0 Å². The number of nitro benzene ring substituents is 1. The van der Waals surface area contributed by atoms with E-state index in [1.54, 1.807) is 10.7 Å². The molecule has 0 fully saturated rings. The van der Waals surface area contributed by atoms with Crippen molar-refractivity contribution in [1.82, 2.24) is 9.78 Å². The van der Waals surface area contributed by atoms with Gasteiger partial charge >= 0.3 is 0 Å². The summed E-state index contributed by atoms with van der Waals surface area (Å²) in [5, 5.41) is 15.8. The molecule has 0 aliphatic heterocycles. The van der Waals surface area contributed by atoms with E-state index in [1.165, 1.54) is 12.1 Å². The van der Waals surface area contributed by atoms with Gasteiger partial charge in [-0.3, -0.25) is 14.8 Å². The Morgan fingerprint density at radius 2 is 2.28 bits per heavy atom. The van der Waals surface area contributed by atoms with Crippen molar-refractivity contribution in [3.05, 3.63) is 34.0 Å². The lowest BCUT2D eigenvalue weighted by Crippen LogP contribution is -2.02. The van der Waals surface area contributed by atoms with Crippen LogP contribution in [0.5, 0.6) is 0 Å². The minimum Gasteiger partial charge on any atom is -0.262 e. The van der Waals surface area contributed by atoms with Gasteiger partial charge in [-0.15, -0.1) is 0 Å². The number of alkyl halides is 1. The van der Waals surface area contributed by atoms with Crippen molar-refractivity contribution in [2.45, 2.75) is 26.3 Å². The summed E-state index contributed by atoms with van der Waals surface area (Å²) < 4.78 is 14.0. The monoisotopic (exact) mass is 251 g/mol. The molecule has 6 heteroatoms. The molecule has 0 amide bonds. The van der Waals surface area contributed by atoms with Gasteiger partial charge in [0.25, 0.3) is 5.69 Å². The van der Waals surface area contributed by atoms with Crippen LogP contribution in [0.2, 0.25) is 0 Å². The molecular weight excluding hydrogens is 237 g/mol. The molecule has 0 aliphatic rings. The maximum Gasteiger partial charge on any atom is 0.270 e. The second kappa shape index (κ2) is 5.12. The highest BCUT2D eigenvalue weighted by atomic mass is 19.1. The van der Waals surface area contributed by atoms with Gasteiger partial charge in [-0.05, 0) is 12.5 Å². The Labute approximate surface area is 103 Å². The van der Waals surface area contributed by atoms with E-state index in [2.05, 4.69) is 5.10 Å². The van der Waals surface area contributed by atoms with Crippen LogP contribution in [0.1, 0.15) is 19.0 Å². The van der Waals surface area contributed by atoms with Gasteiger partial charge in [0.05, 0.1) is 22.7 Å². The molecule has 1 aromatic carbocycles. The number of hydrogen-bond acceptors (Lipinski definition) is 3. The van der Waals surface area contributed by atoms with E-state index < -0.39 is 11.6 Å². The second-order valence-electron chi connectivity index (χ2n) is 4.07. The Bertz CT molecular complexity index is 580. The predicted octanol–water partition coefficient (Wildman–Crippen LogP) is 2.87. The lowest BCUT2D eigenvalue weighted by molar-refractivity contribution is -0.384. The van der Waals surface area contributed by atoms with Crippen LogP contribution in [0, 0.1) is 10.1 Å². The molecule has 0 spiro atoms. The number of non-ortho nitro benzene ring substituents is 1. The molecule has 0 saturated carbocycles. The van der Waals surface area contributed by atoms with Crippen LogP contribution in [-0.2, 0) is 13.0 Å². The summed E-state index contributed by atoms with van der Waals surface area (Å²) in [4.78, 5) is 10.3. The average Bonchev–Trinajstić information content (AvgIpc) is 2.68. The SMILES string of the molecule is CCCc1nn(CCF)c2ccc([N+](=O)[O-])cc12. The number of nitro groups is 1. The number of rotatable bonds is 5. The Hall–Kier alpha value is -1.98. The maximum absolute atomic E-state index is 12.4.